The van der Waals surface area contributed by atoms with E-state index in [1.807, 2.05) is 60.0 Å². The van der Waals surface area contributed by atoms with Gasteiger partial charge in [-0.15, -0.1) is 10.2 Å². The number of furan rings is 1. The summed E-state index contributed by atoms with van der Waals surface area (Å²) in [6.07, 6.45) is 1.56. The van der Waals surface area contributed by atoms with Gasteiger partial charge in [-0.25, -0.2) is 5.43 Å². The maximum absolute atomic E-state index is 12.4. The van der Waals surface area contributed by atoms with Crippen LogP contribution >= 0.6 is 23.4 Å². The van der Waals surface area contributed by atoms with Crippen LogP contribution in [-0.2, 0) is 4.79 Å². The van der Waals surface area contributed by atoms with Crippen LogP contribution in [0.25, 0.3) is 17.1 Å². The number of nitrogens with one attached hydrogen (secondary N) is 1. The molecule has 0 atom stereocenters. The first-order valence-corrected chi connectivity index (χ1v) is 11.2. The van der Waals surface area contributed by atoms with Gasteiger partial charge in [0.1, 0.15) is 11.5 Å². The second-order valence-corrected chi connectivity index (χ2v) is 8.36. The zero-order valence-corrected chi connectivity index (χ0v) is 19.0. The summed E-state index contributed by atoms with van der Waals surface area (Å²) in [7, 11) is 0. The van der Waals surface area contributed by atoms with Gasteiger partial charge in [-0.05, 0) is 50.2 Å². The van der Waals surface area contributed by atoms with E-state index in [2.05, 4.69) is 20.7 Å². The molecule has 2 aromatic carbocycles. The number of aromatic nitrogens is 3. The molecule has 0 aliphatic rings. The van der Waals surface area contributed by atoms with Crippen LogP contribution in [0.1, 0.15) is 18.2 Å². The van der Waals surface area contributed by atoms with Crippen molar-refractivity contribution in [1.29, 1.82) is 0 Å². The predicted octanol–water partition coefficient (Wildman–Crippen LogP) is 5.12. The monoisotopic (exact) mass is 465 g/mol. The Labute approximate surface area is 194 Å². The minimum Gasteiger partial charge on any atom is -0.463 e. The fourth-order valence-electron chi connectivity index (χ4n) is 2.92. The molecule has 0 saturated heterocycles. The smallest absolute Gasteiger partial charge is 0.250 e. The molecule has 2 heterocycles. The molecular weight excluding hydrogens is 446 g/mol. The van der Waals surface area contributed by atoms with Gasteiger partial charge in [-0.3, -0.25) is 9.36 Å². The lowest BCUT2D eigenvalue weighted by Crippen LogP contribution is -2.21. The van der Waals surface area contributed by atoms with Gasteiger partial charge in [0, 0.05) is 16.3 Å². The molecule has 0 radical (unpaired) electrons. The van der Waals surface area contributed by atoms with Crippen molar-refractivity contribution >= 4 is 35.0 Å². The minimum atomic E-state index is -0.261. The number of hydrogen-bond donors (Lipinski definition) is 1. The first-order chi connectivity index (χ1) is 15.5. The third-order valence-electron chi connectivity index (χ3n) is 4.59. The Morgan fingerprint density at radius 1 is 1.12 bits per heavy atom. The van der Waals surface area contributed by atoms with Crippen LogP contribution in [-0.4, -0.2) is 32.1 Å². The van der Waals surface area contributed by atoms with E-state index in [4.69, 9.17) is 16.0 Å². The van der Waals surface area contributed by atoms with Crippen molar-refractivity contribution in [1.82, 2.24) is 20.2 Å². The van der Waals surface area contributed by atoms with Crippen LogP contribution in [0.5, 0.6) is 0 Å². The molecule has 2 aromatic heterocycles. The summed E-state index contributed by atoms with van der Waals surface area (Å²) in [4.78, 5) is 12.4. The van der Waals surface area contributed by atoms with Gasteiger partial charge in [0.15, 0.2) is 11.0 Å². The number of rotatable bonds is 7. The Bertz CT molecular complexity index is 1230. The average molecular weight is 466 g/mol. The average Bonchev–Trinajstić information content (AvgIpc) is 3.48. The highest BCUT2D eigenvalue weighted by Gasteiger charge is 2.17. The largest absolute Gasteiger partial charge is 0.463 e. The highest BCUT2D eigenvalue weighted by molar-refractivity contribution is 7.99. The molecular formula is C23H20ClN5O2S. The molecule has 0 aliphatic heterocycles. The molecule has 0 spiro atoms. The molecule has 9 heteroatoms. The summed E-state index contributed by atoms with van der Waals surface area (Å²) < 4.78 is 7.18. The maximum Gasteiger partial charge on any atom is 0.250 e. The fourth-order valence-corrected chi connectivity index (χ4v) is 3.79. The van der Waals surface area contributed by atoms with Crippen LogP contribution in [0.4, 0.5) is 0 Å². The molecule has 1 amide bonds. The van der Waals surface area contributed by atoms with E-state index in [0.717, 1.165) is 16.8 Å². The van der Waals surface area contributed by atoms with Crippen LogP contribution in [0.2, 0.25) is 5.02 Å². The molecule has 7 nitrogen and oxygen atoms in total. The van der Waals surface area contributed by atoms with Crippen LogP contribution in [0, 0.1) is 6.92 Å². The number of hydrazone groups is 1. The summed E-state index contributed by atoms with van der Waals surface area (Å²) in [6, 6.07) is 19.0. The minimum absolute atomic E-state index is 0.120. The standard InChI is InChI=1S/C23H20ClN5O2S/c1-15-5-7-17(8-6-15)22-27-28-23(29(22)19-11-9-18(24)10-12-19)32-14-21(30)26-25-16(2)20-4-3-13-31-20/h3-13H,14H2,1-2H3,(H,26,30)/b25-16+. The fraction of sp³-hybridized carbons (Fsp3) is 0.130. The number of thioether (sulfide) groups is 1. The summed E-state index contributed by atoms with van der Waals surface area (Å²) >= 11 is 7.34. The van der Waals surface area contributed by atoms with Gasteiger partial charge in [-0.2, -0.15) is 5.10 Å². The van der Waals surface area contributed by atoms with E-state index in [9.17, 15) is 4.79 Å². The maximum atomic E-state index is 12.4. The first kappa shape index (κ1) is 21.9. The molecule has 0 saturated carbocycles. The Kier molecular flexibility index (Phi) is 6.72. The Morgan fingerprint density at radius 3 is 2.56 bits per heavy atom. The van der Waals surface area contributed by atoms with Crippen molar-refractivity contribution in [3.63, 3.8) is 0 Å². The number of benzene rings is 2. The summed E-state index contributed by atoms with van der Waals surface area (Å²) in [5, 5.41) is 14.0. The van der Waals surface area contributed by atoms with Crippen LogP contribution in [0.3, 0.4) is 0 Å². The summed E-state index contributed by atoms with van der Waals surface area (Å²) in [5.74, 6) is 1.14. The van der Waals surface area contributed by atoms with Gasteiger partial charge in [0.25, 0.3) is 5.91 Å². The molecule has 4 aromatic rings. The molecule has 4 rings (SSSR count). The van der Waals surface area contributed by atoms with E-state index in [0.29, 0.717) is 27.5 Å². The third-order valence-corrected chi connectivity index (χ3v) is 5.77. The molecule has 162 valence electrons. The predicted molar refractivity (Wildman–Crippen MR) is 126 cm³/mol. The normalized spacial score (nSPS) is 11.5. The van der Waals surface area contributed by atoms with Crippen molar-refractivity contribution in [2.75, 3.05) is 5.75 Å². The lowest BCUT2D eigenvalue weighted by molar-refractivity contribution is -0.118. The van der Waals surface area contributed by atoms with E-state index in [1.165, 1.54) is 11.8 Å². The number of amides is 1. The number of carbonyl (C=O) groups excluding carboxylic acids is 1. The van der Waals surface area contributed by atoms with Crippen molar-refractivity contribution in [2.24, 2.45) is 5.10 Å². The Hall–Kier alpha value is -3.36. The third kappa shape index (κ3) is 5.09. The Balaban J connectivity index is 1.55. The van der Waals surface area contributed by atoms with E-state index >= 15 is 0 Å². The highest BCUT2D eigenvalue weighted by atomic mass is 35.5. The Morgan fingerprint density at radius 2 is 1.88 bits per heavy atom. The zero-order chi connectivity index (χ0) is 22.5. The molecule has 1 N–H and O–H groups in total. The number of aryl methyl sites for hydroxylation is 1. The van der Waals surface area contributed by atoms with Gasteiger partial charge in [0.2, 0.25) is 0 Å². The van der Waals surface area contributed by atoms with Crippen molar-refractivity contribution < 1.29 is 9.21 Å². The topological polar surface area (TPSA) is 85.3 Å². The molecule has 0 aliphatic carbocycles. The van der Waals surface area contributed by atoms with Gasteiger partial charge in [0.05, 0.1) is 12.0 Å². The summed E-state index contributed by atoms with van der Waals surface area (Å²) in [5.41, 5.74) is 6.06. The van der Waals surface area contributed by atoms with Gasteiger partial charge in [-0.1, -0.05) is 53.2 Å². The van der Waals surface area contributed by atoms with Gasteiger partial charge < -0.3 is 4.42 Å². The number of carbonyl (C=O) groups is 1. The molecule has 0 fully saturated rings. The summed E-state index contributed by atoms with van der Waals surface area (Å²) in [6.45, 7) is 3.79. The molecule has 32 heavy (non-hydrogen) atoms. The molecule has 0 bridgehead atoms. The van der Waals surface area contributed by atoms with Gasteiger partial charge >= 0.3 is 0 Å². The second-order valence-electron chi connectivity index (χ2n) is 6.98. The SMILES string of the molecule is C/C(=N\NC(=O)CSc1nnc(-c2ccc(C)cc2)n1-c1ccc(Cl)cc1)c1ccco1. The second kappa shape index (κ2) is 9.84. The number of hydrogen-bond acceptors (Lipinski definition) is 6. The van der Waals surface area contributed by atoms with Crippen LogP contribution in [0.15, 0.2) is 81.6 Å². The van der Waals surface area contributed by atoms with E-state index in [-0.39, 0.29) is 11.7 Å². The number of nitrogens with zero attached hydrogens (tertiary/aromatic N) is 4. The van der Waals surface area contributed by atoms with Crippen molar-refractivity contribution in [3.05, 3.63) is 83.3 Å². The van der Waals surface area contributed by atoms with Crippen LogP contribution < -0.4 is 5.43 Å². The lowest BCUT2D eigenvalue weighted by Gasteiger charge is -2.10. The van der Waals surface area contributed by atoms with Crippen molar-refractivity contribution in [3.8, 4) is 17.1 Å². The van der Waals surface area contributed by atoms with E-state index < -0.39 is 0 Å². The van der Waals surface area contributed by atoms with E-state index in [1.54, 1.807) is 25.3 Å². The quantitative estimate of drug-likeness (QED) is 0.232. The zero-order valence-electron chi connectivity index (χ0n) is 17.4. The number of halogens is 1. The molecule has 0 unspecified atom stereocenters. The first-order valence-electron chi connectivity index (χ1n) is 9.79. The lowest BCUT2D eigenvalue weighted by atomic mass is 10.1. The highest BCUT2D eigenvalue weighted by Crippen LogP contribution is 2.28. The van der Waals surface area contributed by atoms with Crippen molar-refractivity contribution in [2.45, 2.75) is 19.0 Å².